The molecular formula is C14H11N3O2S2. The van der Waals surface area contributed by atoms with Gasteiger partial charge in [-0.3, -0.25) is 0 Å². The molecule has 0 saturated carbocycles. The third-order valence-electron chi connectivity index (χ3n) is 3.13. The van der Waals surface area contributed by atoms with Crippen molar-refractivity contribution in [1.82, 2.24) is 15.0 Å². The minimum Gasteiger partial charge on any atom is -0.478 e. The standard InChI is InChI=1S/C14H11N3O2S2/c1-7-8(2)20-12-10(7)13(17-6-16-12)21-11-9(14(18)19)4-3-5-15-11/h3-6H,1-2H3,(H,18,19). The van der Waals surface area contributed by atoms with Crippen LogP contribution in [-0.2, 0) is 0 Å². The van der Waals surface area contributed by atoms with Gasteiger partial charge in [-0.05, 0) is 43.3 Å². The molecule has 3 heterocycles. The van der Waals surface area contributed by atoms with E-state index in [9.17, 15) is 9.90 Å². The Morgan fingerprint density at radius 3 is 2.81 bits per heavy atom. The molecule has 0 aromatic carbocycles. The number of aromatic carboxylic acids is 1. The zero-order valence-electron chi connectivity index (χ0n) is 11.3. The highest BCUT2D eigenvalue weighted by atomic mass is 32.2. The van der Waals surface area contributed by atoms with Crippen LogP contribution in [0, 0.1) is 13.8 Å². The Hall–Kier alpha value is -1.99. The summed E-state index contributed by atoms with van der Waals surface area (Å²) in [4.78, 5) is 26.1. The highest BCUT2D eigenvalue weighted by Gasteiger charge is 2.17. The van der Waals surface area contributed by atoms with E-state index in [-0.39, 0.29) is 5.56 Å². The lowest BCUT2D eigenvalue weighted by atomic mass is 10.2. The van der Waals surface area contributed by atoms with E-state index in [1.54, 1.807) is 29.7 Å². The molecule has 3 aromatic heterocycles. The molecule has 3 aromatic rings. The zero-order chi connectivity index (χ0) is 15.0. The molecular weight excluding hydrogens is 306 g/mol. The summed E-state index contributed by atoms with van der Waals surface area (Å²) >= 11 is 2.88. The van der Waals surface area contributed by atoms with E-state index in [0.29, 0.717) is 5.03 Å². The maximum atomic E-state index is 11.3. The number of aromatic nitrogens is 3. The summed E-state index contributed by atoms with van der Waals surface area (Å²) in [5.41, 5.74) is 1.31. The summed E-state index contributed by atoms with van der Waals surface area (Å²) < 4.78 is 0. The van der Waals surface area contributed by atoms with E-state index in [0.717, 1.165) is 20.8 Å². The Bertz CT molecular complexity index is 845. The number of aryl methyl sites for hydroxylation is 2. The number of rotatable bonds is 3. The molecule has 0 spiro atoms. The van der Waals surface area contributed by atoms with Gasteiger partial charge in [0.1, 0.15) is 21.2 Å². The Morgan fingerprint density at radius 1 is 1.24 bits per heavy atom. The lowest BCUT2D eigenvalue weighted by Crippen LogP contribution is -2.00. The first-order chi connectivity index (χ1) is 10.1. The van der Waals surface area contributed by atoms with E-state index < -0.39 is 5.97 Å². The molecule has 106 valence electrons. The topological polar surface area (TPSA) is 76.0 Å². The van der Waals surface area contributed by atoms with Gasteiger partial charge in [0.2, 0.25) is 0 Å². The van der Waals surface area contributed by atoms with Crippen LogP contribution in [0.5, 0.6) is 0 Å². The van der Waals surface area contributed by atoms with Crippen LogP contribution in [0.1, 0.15) is 20.8 Å². The molecule has 7 heteroatoms. The fourth-order valence-corrected chi connectivity index (χ4v) is 4.03. The number of thiophene rings is 1. The minimum absolute atomic E-state index is 0.180. The maximum Gasteiger partial charge on any atom is 0.338 e. The summed E-state index contributed by atoms with van der Waals surface area (Å²) in [5, 5.41) is 11.4. The van der Waals surface area contributed by atoms with Crippen molar-refractivity contribution in [1.29, 1.82) is 0 Å². The fourth-order valence-electron chi connectivity index (χ4n) is 1.95. The Balaban J connectivity index is 2.13. The van der Waals surface area contributed by atoms with Gasteiger partial charge in [0, 0.05) is 16.5 Å². The lowest BCUT2D eigenvalue weighted by molar-refractivity contribution is 0.0692. The predicted octanol–water partition coefficient (Wildman–Crippen LogP) is 3.55. The van der Waals surface area contributed by atoms with Gasteiger partial charge in [0.05, 0.1) is 5.56 Å². The Kier molecular flexibility index (Phi) is 3.60. The number of carbonyl (C=O) groups is 1. The lowest BCUT2D eigenvalue weighted by Gasteiger charge is -2.05. The number of carboxylic acids is 1. The van der Waals surface area contributed by atoms with Crippen molar-refractivity contribution in [3.05, 3.63) is 40.7 Å². The van der Waals surface area contributed by atoms with Gasteiger partial charge in [-0.15, -0.1) is 11.3 Å². The number of hydrogen-bond donors (Lipinski definition) is 1. The molecule has 0 amide bonds. The molecule has 0 fully saturated rings. The van der Waals surface area contributed by atoms with E-state index in [4.69, 9.17) is 0 Å². The second kappa shape index (κ2) is 5.42. The van der Waals surface area contributed by atoms with Crippen molar-refractivity contribution in [3.8, 4) is 0 Å². The third-order valence-corrected chi connectivity index (χ3v) is 5.26. The highest BCUT2D eigenvalue weighted by Crippen LogP contribution is 2.37. The van der Waals surface area contributed by atoms with E-state index in [1.807, 2.05) is 13.8 Å². The van der Waals surface area contributed by atoms with Crippen molar-refractivity contribution < 1.29 is 9.90 Å². The highest BCUT2D eigenvalue weighted by molar-refractivity contribution is 7.99. The predicted molar refractivity (Wildman–Crippen MR) is 82.2 cm³/mol. The van der Waals surface area contributed by atoms with E-state index in [2.05, 4.69) is 15.0 Å². The second-order valence-electron chi connectivity index (χ2n) is 4.41. The van der Waals surface area contributed by atoms with Gasteiger partial charge in [-0.2, -0.15) is 0 Å². The molecule has 1 N–H and O–H groups in total. The third kappa shape index (κ3) is 2.50. The van der Waals surface area contributed by atoms with Crippen molar-refractivity contribution in [2.45, 2.75) is 23.9 Å². The Morgan fingerprint density at radius 2 is 2.05 bits per heavy atom. The smallest absolute Gasteiger partial charge is 0.338 e. The minimum atomic E-state index is -0.992. The quantitative estimate of drug-likeness (QED) is 0.744. The first kappa shape index (κ1) is 14.0. The average Bonchev–Trinajstić information content (AvgIpc) is 2.75. The number of carboxylic acid groups (broad SMARTS) is 1. The molecule has 0 aliphatic heterocycles. The molecule has 3 rings (SSSR count). The molecule has 0 radical (unpaired) electrons. The molecule has 0 aliphatic carbocycles. The normalized spacial score (nSPS) is 11.0. The van der Waals surface area contributed by atoms with Gasteiger partial charge < -0.3 is 5.11 Å². The number of pyridine rings is 1. The summed E-state index contributed by atoms with van der Waals surface area (Å²) in [6, 6.07) is 3.16. The van der Waals surface area contributed by atoms with Crippen LogP contribution in [-0.4, -0.2) is 26.0 Å². The Labute approximate surface area is 129 Å². The van der Waals surface area contributed by atoms with Gasteiger partial charge in [0.15, 0.2) is 0 Å². The molecule has 0 unspecified atom stereocenters. The maximum absolute atomic E-state index is 11.3. The van der Waals surface area contributed by atoms with Gasteiger partial charge >= 0.3 is 5.97 Å². The summed E-state index contributed by atoms with van der Waals surface area (Å²) in [6.07, 6.45) is 3.09. The summed E-state index contributed by atoms with van der Waals surface area (Å²) in [7, 11) is 0. The molecule has 5 nitrogen and oxygen atoms in total. The number of nitrogens with zero attached hydrogens (tertiary/aromatic N) is 3. The summed E-state index contributed by atoms with van der Waals surface area (Å²) in [6.45, 7) is 4.07. The molecule has 21 heavy (non-hydrogen) atoms. The number of fused-ring (bicyclic) bond motifs is 1. The largest absolute Gasteiger partial charge is 0.478 e. The monoisotopic (exact) mass is 317 g/mol. The first-order valence-corrected chi connectivity index (χ1v) is 7.78. The van der Waals surface area contributed by atoms with Crippen LogP contribution in [0.4, 0.5) is 0 Å². The zero-order valence-corrected chi connectivity index (χ0v) is 13.0. The second-order valence-corrected chi connectivity index (χ2v) is 6.59. The average molecular weight is 317 g/mol. The van der Waals surface area contributed by atoms with Crippen molar-refractivity contribution in [2.75, 3.05) is 0 Å². The number of hydrogen-bond acceptors (Lipinski definition) is 6. The van der Waals surface area contributed by atoms with E-state index >= 15 is 0 Å². The fraction of sp³-hybridized carbons (Fsp3) is 0.143. The van der Waals surface area contributed by atoms with Gasteiger partial charge in [-0.1, -0.05) is 0 Å². The van der Waals surface area contributed by atoms with Gasteiger partial charge in [-0.25, -0.2) is 19.7 Å². The van der Waals surface area contributed by atoms with Crippen LogP contribution in [0.2, 0.25) is 0 Å². The van der Waals surface area contributed by atoms with Crippen molar-refractivity contribution >= 4 is 39.3 Å². The van der Waals surface area contributed by atoms with Gasteiger partial charge in [0.25, 0.3) is 0 Å². The van der Waals surface area contributed by atoms with Crippen molar-refractivity contribution in [3.63, 3.8) is 0 Å². The van der Waals surface area contributed by atoms with Crippen LogP contribution in [0.25, 0.3) is 10.2 Å². The molecule has 0 saturated heterocycles. The first-order valence-electron chi connectivity index (χ1n) is 6.14. The SMILES string of the molecule is Cc1sc2ncnc(Sc3ncccc3C(=O)O)c2c1C. The molecule has 0 atom stereocenters. The van der Waals surface area contributed by atoms with Crippen LogP contribution >= 0.6 is 23.1 Å². The molecule has 0 bridgehead atoms. The van der Waals surface area contributed by atoms with E-state index in [1.165, 1.54) is 23.0 Å². The van der Waals surface area contributed by atoms with Crippen LogP contribution < -0.4 is 0 Å². The summed E-state index contributed by atoms with van der Waals surface area (Å²) in [5.74, 6) is -0.992. The van der Waals surface area contributed by atoms with Crippen molar-refractivity contribution in [2.24, 2.45) is 0 Å². The van der Waals surface area contributed by atoms with Crippen LogP contribution in [0.3, 0.4) is 0 Å². The van der Waals surface area contributed by atoms with Crippen LogP contribution in [0.15, 0.2) is 34.7 Å². The molecule has 0 aliphatic rings.